The van der Waals surface area contributed by atoms with Gasteiger partial charge >= 0.3 is 6.03 Å². The third-order valence-corrected chi connectivity index (χ3v) is 5.28. The van der Waals surface area contributed by atoms with Gasteiger partial charge in [-0.3, -0.25) is 9.69 Å². The van der Waals surface area contributed by atoms with Crippen molar-refractivity contribution < 1.29 is 14.3 Å². The zero-order valence-electron chi connectivity index (χ0n) is 14.9. The summed E-state index contributed by atoms with van der Waals surface area (Å²) in [5.41, 5.74) is 2.08. The minimum absolute atomic E-state index is 0.140. The van der Waals surface area contributed by atoms with Crippen LogP contribution in [0.15, 0.2) is 30.5 Å². The van der Waals surface area contributed by atoms with Crippen LogP contribution < -0.4 is 5.32 Å². The number of morpholine rings is 1. The first-order chi connectivity index (χ1) is 12.7. The second kappa shape index (κ2) is 7.09. The van der Waals surface area contributed by atoms with E-state index in [4.69, 9.17) is 4.74 Å². The third kappa shape index (κ3) is 2.97. The largest absolute Gasteiger partial charge is 0.379 e. The fraction of sp³-hybridized carbons (Fsp3) is 0.474. The Morgan fingerprint density at radius 2 is 2.00 bits per heavy atom. The van der Waals surface area contributed by atoms with Gasteiger partial charge in [0.2, 0.25) is 0 Å². The first-order valence-electron chi connectivity index (χ1n) is 9.19. The fourth-order valence-electron chi connectivity index (χ4n) is 3.97. The summed E-state index contributed by atoms with van der Waals surface area (Å²) in [5, 5.41) is 3.97. The first kappa shape index (κ1) is 17.1. The minimum atomic E-state index is -0.517. The number of benzene rings is 1. The van der Waals surface area contributed by atoms with Crippen molar-refractivity contribution in [2.75, 3.05) is 26.3 Å². The molecule has 7 heteroatoms. The monoisotopic (exact) mass is 356 g/mol. The van der Waals surface area contributed by atoms with E-state index in [-0.39, 0.29) is 18.1 Å². The van der Waals surface area contributed by atoms with Crippen molar-refractivity contribution in [3.05, 3.63) is 36.0 Å². The molecule has 2 aromatic rings. The second-order valence-corrected chi connectivity index (χ2v) is 6.81. The number of nitrogens with one attached hydrogen (secondary N) is 2. The van der Waals surface area contributed by atoms with E-state index in [1.165, 1.54) is 4.90 Å². The summed E-state index contributed by atoms with van der Waals surface area (Å²) in [7, 11) is 0. The predicted molar refractivity (Wildman–Crippen MR) is 97.6 cm³/mol. The van der Waals surface area contributed by atoms with Crippen molar-refractivity contribution in [2.24, 2.45) is 0 Å². The van der Waals surface area contributed by atoms with Gasteiger partial charge < -0.3 is 15.0 Å². The maximum absolute atomic E-state index is 13.0. The van der Waals surface area contributed by atoms with Crippen molar-refractivity contribution in [1.82, 2.24) is 20.1 Å². The number of carbonyl (C=O) groups is 2. The van der Waals surface area contributed by atoms with Crippen LogP contribution in [0.5, 0.6) is 0 Å². The van der Waals surface area contributed by atoms with E-state index in [9.17, 15) is 9.59 Å². The topological polar surface area (TPSA) is 77.7 Å². The minimum Gasteiger partial charge on any atom is -0.379 e. The van der Waals surface area contributed by atoms with Crippen LogP contribution in [0.3, 0.4) is 0 Å². The summed E-state index contributed by atoms with van der Waals surface area (Å²) < 4.78 is 5.39. The lowest BCUT2D eigenvalue weighted by Crippen LogP contribution is -2.54. The number of H-pyrrole nitrogens is 1. The van der Waals surface area contributed by atoms with Gasteiger partial charge in [0.15, 0.2) is 0 Å². The second-order valence-electron chi connectivity index (χ2n) is 6.81. The number of urea groups is 1. The number of para-hydroxylation sites is 1. The molecule has 0 saturated carbocycles. The van der Waals surface area contributed by atoms with E-state index in [2.05, 4.69) is 15.2 Å². The van der Waals surface area contributed by atoms with Gasteiger partial charge in [-0.15, -0.1) is 0 Å². The lowest BCUT2D eigenvalue weighted by Gasteiger charge is -2.37. The molecule has 2 aliphatic heterocycles. The van der Waals surface area contributed by atoms with E-state index in [0.29, 0.717) is 26.1 Å². The number of hydrogen-bond donors (Lipinski definition) is 2. The van der Waals surface area contributed by atoms with Crippen molar-refractivity contribution in [2.45, 2.75) is 32.0 Å². The summed E-state index contributed by atoms with van der Waals surface area (Å²) in [6.07, 6.45) is 2.91. The number of aromatic amines is 1. The molecule has 138 valence electrons. The molecule has 2 unspecified atom stereocenters. The molecule has 0 aliphatic carbocycles. The Hall–Kier alpha value is -2.38. The van der Waals surface area contributed by atoms with Gasteiger partial charge in [0.25, 0.3) is 5.91 Å². The summed E-state index contributed by atoms with van der Waals surface area (Å²) in [6.45, 7) is 4.76. The molecular weight excluding hydrogens is 332 g/mol. The van der Waals surface area contributed by atoms with Crippen LogP contribution in [0.25, 0.3) is 10.9 Å². The van der Waals surface area contributed by atoms with Gasteiger partial charge in [-0.2, -0.15) is 0 Å². The number of carbonyl (C=O) groups excluding carboxylic acids is 2. The van der Waals surface area contributed by atoms with Gasteiger partial charge in [0, 0.05) is 36.6 Å². The van der Waals surface area contributed by atoms with E-state index in [1.54, 1.807) is 0 Å². The molecule has 7 nitrogen and oxygen atoms in total. The van der Waals surface area contributed by atoms with Crippen molar-refractivity contribution in [1.29, 1.82) is 0 Å². The Morgan fingerprint density at radius 3 is 2.77 bits per heavy atom. The van der Waals surface area contributed by atoms with Crippen LogP contribution in [0, 0.1) is 0 Å². The molecule has 2 N–H and O–H groups in total. The molecule has 1 aromatic heterocycles. The van der Waals surface area contributed by atoms with Gasteiger partial charge in [-0.25, -0.2) is 9.69 Å². The number of imide groups is 1. The molecule has 3 heterocycles. The molecule has 2 fully saturated rings. The van der Waals surface area contributed by atoms with Crippen LogP contribution >= 0.6 is 0 Å². The molecule has 0 spiro atoms. The highest BCUT2D eigenvalue weighted by Crippen LogP contribution is 2.23. The molecule has 2 aliphatic rings. The Labute approximate surface area is 152 Å². The van der Waals surface area contributed by atoms with Crippen LogP contribution in [0.2, 0.25) is 0 Å². The average Bonchev–Trinajstić information content (AvgIpc) is 3.20. The van der Waals surface area contributed by atoms with Gasteiger partial charge in [-0.1, -0.05) is 25.1 Å². The van der Waals surface area contributed by atoms with Gasteiger partial charge in [0.05, 0.1) is 19.4 Å². The molecule has 3 amide bonds. The normalized spacial score (nSPS) is 22.8. The smallest absolute Gasteiger partial charge is 0.326 e. The summed E-state index contributed by atoms with van der Waals surface area (Å²) in [4.78, 5) is 32.3. The molecule has 2 saturated heterocycles. The van der Waals surface area contributed by atoms with Crippen LogP contribution in [0.1, 0.15) is 18.9 Å². The number of nitrogens with zero attached hydrogens (tertiary/aromatic N) is 2. The zero-order valence-corrected chi connectivity index (χ0v) is 14.9. The van der Waals surface area contributed by atoms with E-state index in [0.717, 1.165) is 29.6 Å². The van der Waals surface area contributed by atoms with Crippen molar-refractivity contribution in [3.8, 4) is 0 Å². The number of hydrogen-bond acceptors (Lipinski definition) is 4. The molecule has 0 bridgehead atoms. The molecule has 2 atom stereocenters. The van der Waals surface area contributed by atoms with Crippen molar-refractivity contribution in [3.63, 3.8) is 0 Å². The van der Waals surface area contributed by atoms with E-state index >= 15 is 0 Å². The average molecular weight is 356 g/mol. The number of fused-ring (bicyclic) bond motifs is 1. The zero-order chi connectivity index (χ0) is 18.1. The lowest BCUT2D eigenvalue weighted by atomic mass is 10.0. The fourth-order valence-corrected chi connectivity index (χ4v) is 3.97. The van der Waals surface area contributed by atoms with E-state index < -0.39 is 6.04 Å². The van der Waals surface area contributed by atoms with Crippen LogP contribution in [-0.4, -0.2) is 65.2 Å². The summed E-state index contributed by atoms with van der Waals surface area (Å²) in [5.74, 6) is -0.140. The molecule has 1 aromatic carbocycles. The van der Waals surface area contributed by atoms with Gasteiger partial charge in [-0.05, 0) is 18.1 Å². The molecule has 26 heavy (non-hydrogen) atoms. The Kier molecular flexibility index (Phi) is 4.65. The predicted octanol–water partition coefficient (Wildman–Crippen LogP) is 1.70. The Bertz CT molecular complexity index is 812. The van der Waals surface area contributed by atoms with Crippen LogP contribution in [0.4, 0.5) is 4.79 Å². The number of rotatable bonds is 5. The maximum Gasteiger partial charge on any atom is 0.326 e. The number of ether oxygens (including phenoxy) is 1. The lowest BCUT2D eigenvalue weighted by molar-refractivity contribution is -0.133. The maximum atomic E-state index is 13.0. The highest BCUT2D eigenvalue weighted by molar-refractivity contribution is 6.04. The molecule has 0 radical (unpaired) electrons. The first-order valence-corrected chi connectivity index (χ1v) is 9.19. The highest BCUT2D eigenvalue weighted by atomic mass is 16.5. The quantitative estimate of drug-likeness (QED) is 0.800. The third-order valence-electron chi connectivity index (χ3n) is 5.28. The molecular formula is C19H24N4O3. The highest BCUT2D eigenvalue weighted by Gasteiger charge is 2.43. The standard InChI is InChI=1S/C19H24N4O3/c1-2-17(22-7-9-26-10-8-22)23-18(24)16(21-19(23)25)11-13-12-20-15-6-4-3-5-14(13)15/h3-6,12,16-17,20H,2,7-11H2,1H3,(H,21,25). The number of amides is 3. The van der Waals surface area contributed by atoms with E-state index in [1.807, 2.05) is 37.4 Å². The summed E-state index contributed by atoms with van der Waals surface area (Å²) >= 11 is 0. The van der Waals surface area contributed by atoms with Crippen molar-refractivity contribution >= 4 is 22.8 Å². The Morgan fingerprint density at radius 1 is 1.23 bits per heavy atom. The Balaban J connectivity index is 1.53. The van der Waals surface area contributed by atoms with Crippen LogP contribution in [-0.2, 0) is 16.0 Å². The SMILES string of the molecule is CCC(N1CCOCC1)N1C(=O)NC(Cc2c[nH]c3ccccc23)C1=O. The number of aromatic nitrogens is 1. The van der Waals surface area contributed by atoms with Gasteiger partial charge in [0.1, 0.15) is 6.04 Å². The molecule has 4 rings (SSSR count). The summed E-state index contributed by atoms with van der Waals surface area (Å²) in [6, 6.07) is 7.18.